The lowest BCUT2D eigenvalue weighted by Gasteiger charge is -2.16. The van der Waals surface area contributed by atoms with Gasteiger partial charge >= 0.3 is 0 Å². The maximum absolute atomic E-state index is 11.0. The minimum Gasteiger partial charge on any atom is -0.370 e. The van der Waals surface area contributed by atoms with Crippen molar-refractivity contribution in [2.45, 2.75) is 25.2 Å². The Morgan fingerprint density at radius 1 is 1.47 bits per heavy atom. The molecule has 80 valence electrons. The van der Waals surface area contributed by atoms with E-state index in [0.717, 1.165) is 10.6 Å². The molecule has 0 aliphatic heterocycles. The molecule has 1 unspecified atom stereocenters. The maximum Gasteiger partial charge on any atom is 0.218 e. The number of primary amides is 1. The number of nitrogens with two attached hydrogens (primary N) is 1. The third kappa shape index (κ3) is 2.51. The van der Waals surface area contributed by atoms with Crippen molar-refractivity contribution < 1.29 is 4.79 Å². The lowest BCUT2D eigenvalue weighted by molar-refractivity contribution is -0.118. The third-order valence-electron chi connectivity index (χ3n) is 2.92. The highest BCUT2D eigenvalue weighted by molar-refractivity contribution is 6.31. The molecule has 0 heterocycles. The normalized spacial score (nSPS) is 17.4. The Morgan fingerprint density at radius 3 is 2.67 bits per heavy atom. The number of halogens is 1. The molecule has 15 heavy (non-hydrogen) atoms. The molecule has 3 heteroatoms. The molecule has 1 aromatic carbocycles. The molecule has 0 aromatic heterocycles. The van der Waals surface area contributed by atoms with Gasteiger partial charge in [-0.1, -0.05) is 29.8 Å². The summed E-state index contributed by atoms with van der Waals surface area (Å²) >= 11 is 6.12. The molecule has 1 aromatic rings. The number of hydrogen-bond donors (Lipinski definition) is 1. The van der Waals surface area contributed by atoms with Crippen molar-refractivity contribution in [1.82, 2.24) is 0 Å². The van der Waals surface area contributed by atoms with Crippen LogP contribution in [0, 0.1) is 5.92 Å². The molecule has 0 saturated heterocycles. The molecule has 1 fully saturated rings. The first-order chi connectivity index (χ1) is 7.18. The Balaban J connectivity index is 2.24. The van der Waals surface area contributed by atoms with Crippen LogP contribution in [0.1, 0.15) is 30.7 Å². The first kappa shape index (κ1) is 10.5. The van der Waals surface area contributed by atoms with Gasteiger partial charge in [-0.25, -0.2) is 0 Å². The lowest BCUT2D eigenvalue weighted by Crippen LogP contribution is -2.16. The molecule has 1 aliphatic rings. The quantitative estimate of drug-likeness (QED) is 0.838. The van der Waals surface area contributed by atoms with Crippen LogP contribution in [0.4, 0.5) is 0 Å². The van der Waals surface area contributed by atoms with E-state index < -0.39 is 0 Å². The van der Waals surface area contributed by atoms with E-state index in [1.54, 1.807) is 0 Å². The second-order valence-corrected chi connectivity index (χ2v) is 4.54. The second kappa shape index (κ2) is 4.23. The van der Waals surface area contributed by atoms with Crippen molar-refractivity contribution in [1.29, 1.82) is 0 Å². The zero-order valence-electron chi connectivity index (χ0n) is 8.45. The van der Waals surface area contributed by atoms with Gasteiger partial charge in [0.1, 0.15) is 0 Å². The van der Waals surface area contributed by atoms with Crippen molar-refractivity contribution in [3.8, 4) is 0 Å². The van der Waals surface area contributed by atoms with Crippen LogP contribution in [0.15, 0.2) is 24.3 Å². The predicted octanol–water partition coefficient (Wildman–Crippen LogP) is 2.71. The summed E-state index contributed by atoms with van der Waals surface area (Å²) in [4.78, 5) is 11.0. The Hall–Kier alpha value is -1.02. The second-order valence-electron chi connectivity index (χ2n) is 4.14. The van der Waals surface area contributed by atoms with Crippen LogP contribution in [-0.4, -0.2) is 5.91 Å². The average molecular weight is 224 g/mol. The monoisotopic (exact) mass is 223 g/mol. The van der Waals surface area contributed by atoms with Gasteiger partial charge in [-0.2, -0.15) is 0 Å². The first-order valence-electron chi connectivity index (χ1n) is 5.21. The summed E-state index contributed by atoms with van der Waals surface area (Å²) in [5.74, 6) is 0.570. The van der Waals surface area contributed by atoms with Crippen molar-refractivity contribution in [2.75, 3.05) is 0 Å². The average Bonchev–Trinajstić information content (AvgIpc) is 2.98. The van der Waals surface area contributed by atoms with Crippen LogP contribution in [-0.2, 0) is 4.79 Å². The lowest BCUT2D eigenvalue weighted by atomic mass is 9.91. The van der Waals surface area contributed by atoms with Gasteiger partial charge in [0, 0.05) is 11.4 Å². The number of carbonyl (C=O) groups excluding carboxylic acids is 1. The van der Waals surface area contributed by atoms with E-state index in [2.05, 4.69) is 0 Å². The number of hydrogen-bond acceptors (Lipinski definition) is 1. The van der Waals surface area contributed by atoms with E-state index in [1.165, 1.54) is 12.8 Å². The van der Waals surface area contributed by atoms with Crippen LogP contribution < -0.4 is 5.73 Å². The van der Waals surface area contributed by atoms with E-state index in [-0.39, 0.29) is 11.8 Å². The van der Waals surface area contributed by atoms with Crippen LogP contribution >= 0.6 is 11.6 Å². The largest absolute Gasteiger partial charge is 0.370 e. The van der Waals surface area contributed by atoms with E-state index in [0.29, 0.717) is 12.3 Å². The van der Waals surface area contributed by atoms with Crippen LogP contribution in [0.3, 0.4) is 0 Å². The minimum absolute atomic E-state index is 0.219. The fraction of sp³-hybridized carbons (Fsp3) is 0.417. The van der Waals surface area contributed by atoms with Gasteiger partial charge in [-0.05, 0) is 36.3 Å². The number of carbonyl (C=O) groups is 1. The summed E-state index contributed by atoms with van der Waals surface area (Å²) < 4.78 is 0. The summed E-state index contributed by atoms with van der Waals surface area (Å²) in [6.45, 7) is 0. The summed E-state index contributed by atoms with van der Waals surface area (Å²) in [6.07, 6.45) is 2.78. The molecule has 2 N–H and O–H groups in total. The maximum atomic E-state index is 11.0. The van der Waals surface area contributed by atoms with Crippen molar-refractivity contribution >= 4 is 17.5 Å². The fourth-order valence-corrected chi connectivity index (χ4v) is 2.30. The van der Waals surface area contributed by atoms with Gasteiger partial charge in [0.25, 0.3) is 0 Å². The summed E-state index contributed by atoms with van der Waals surface area (Å²) in [7, 11) is 0. The SMILES string of the molecule is NC(=O)CC(c1ccccc1Cl)C1CC1. The summed E-state index contributed by atoms with van der Waals surface area (Å²) in [6, 6.07) is 7.72. The summed E-state index contributed by atoms with van der Waals surface area (Å²) in [5.41, 5.74) is 6.33. The minimum atomic E-state index is -0.244. The van der Waals surface area contributed by atoms with Crippen molar-refractivity contribution in [3.63, 3.8) is 0 Å². The van der Waals surface area contributed by atoms with Crippen molar-refractivity contribution in [3.05, 3.63) is 34.9 Å². The van der Waals surface area contributed by atoms with Crippen LogP contribution in [0.5, 0.6) is 0 Å². The number of rotatable bonds is 4. The number of amides is 1. The molecule has 1 saturated carbocycles. The van der Waals surface area contributed by atoms with Gasteiger partial charge in [0.2, 0.25) is 5.91 Å². The number of benzene rings is 1. The van der Waals surface area contributed by atoms with E-state index in [9.17, 15) is 4.79 Å². The molecule has 0 spiro atoms. The Labute approximate surface area is 94.4 Å². The summed E-state index contributed by atoms with van der Waals surface area (Å²) in [5, 5.41) is 0.746. The molecule has 2 nitrogen and oxygen atoms in total. The molecular formula is C12H14ClNO. The molecule has 1 amide bonds. The molecule has 0 radical (unpaired) electrons. The Morgan fingerprint density at radius 2 is 2.13 bits per heavy atom. The first-order valence-corrected chi connectivity index (χ1v) is 5.59. The van der Waals surface area contributed by atoms with E-state index >= 15 is 0 Å². The molecule has 1 aliphatic carbocycles. The van der Waals surface area contributed by atoms with Gasteiger partial charge in [0.15, 0.2) is 0 Å². The predicted molar refractivity (Wildman–Crippen MR) is 60.7 cm³/mol. The molecule has 2 rings (SSSR count). The topological polar surface area (TPSA) is 43.1 Å². The highest BCUT2D eigenvalue weighted by Gasteiger charge is 2.34. The zero-order chi connectivity index (χ0) is 10.8. The van der Waals surface area contributed by atoms with Gasteiger partial charge in [0.05, 0.1) is 0 Å². The fourth-order valence-electron chi connectivity index (χ4n) is 2.02. The highest BCUT2D eigenvalue weighted by Crippen LogP contribution is 2.46. The molecule has 1 atom stereocenters. The van der Waals surface area contributed by atoms with Gasteiger partial charge in [-0.15, -0.1) is 0 Å². The smallest absolute Gasteiger partial charge is 0.218 e. The van der Waals surface area contributed by atoms with Gasteiger partial charge in [-0.3, -0.25) is 4.79 Å². The highest BCUT2D eigenvalue weighted by atomic mass is 35.5. The van der Waals surface area contributed by atoms with Crippen LogP contribution in [0.25, 0.3) is 0 Å². The zero-order valence-corrected chi connectivity index (χ0v) is 9.20. The Kier molecular flexibility index (Phi) is 2.96. The van der Waals surface area contributed by atoms with Gasteiger partial charge < -0.3 is 5.73 Å². The molecule has 0 bridgehead atoms. The van der Waals surface area contributed by atoms with E-state index in [1.807, 2.05) is 24.3 Å². The Bertz CT molecular complexity index is 374. The van der Waals surface area contributed by atoms with Crippen molar-refractivity contribution in [2.24, 2.45) is 11.7 Å². The molecular weight excluding hydrogens is 210 g/mol. The van der Waals surface area contributed by atoms with Crippen LogP contribution in [0.2, 0.25) is 5.02 Å². The third-order valence-corrected chi connectivity index (χ3v) is 3.26. The van der Waals surface area contributed by atoms with E-state index in [4.69, 9.17) is 17.3 Å². The standard InChI is InChI=1S/C12H14ClNO/c13-11-4-2-1-3-9(11)10(7-12(14)15)8-5-6-8/h1-4,8,10H,5-7H2,(H2,14,15).